The molecule has 0 saturated heterocycles. The van der Waals surface area contributed by atoms with Crippen LogP contribution in [0.2, 0.25) is 0 Å². The second-order valence-corrected chi connectivity index (χ2v) is 4.63. The molecule has 0 fully saturated rings. The van der Waals surface area contributed by atoms with Crippen LogP contribution >= 0.6 is 0 Å². The van der Waals surface area contributed by atoms with Crippen LogP contribution in [-0.2, 0) is 6.42 Å². The van der Waals surface area contributed by atoms with E-state index < -0.39 is 6.09 Å². The minimum atomic E-state index is -0.855. The smallest absolute Gasteiger partial charge is 0.407 e. The minimum absolute atomic E-state index is 0.277. The third-order valence-corrected chi connectivity index (χ3v) is 3.63. The lowest BCUT2D eigenvalue weighted by atomic mass is 9.77. The first-order chi connectivity index (χ1) is 8.69. The third-order valence-electron chi connectivity index (χ3n) is 3.63. The van der Waals surface area contributed by atoms with Crippen molar-refractivity contribution in [1.82, 2.24) is 4.90 Å². The molecule has 1 N–H and O–H groups in total. The summed E-state index contributed by atoms with van der Waals surface area (Å²) in [5, 5.41) is 9.03. The lowest BCUT2D eigenvalue weighted by molar-refractivity contribution is 0.143. The maximum Gasteiger partial charge on any atom is 0.407 e. The van der Waals surface area contributed by atoms with Gasteiger partial charge in [-0.3, -0.25) is 0 Å². The van der Waals surface area contributed by atoms with Crippen LogP contribution in [0.15, 0.2) is 12.1 Å². The Kier molecular flexibility index (Phi) is 2.54. The summed E-state index contributed by atoms with van der Waals surface area (Å²) in [6, 6.07) is 3.99. The predicted octanol–water partition coefficient (Wildman–Crippen LogP) is 2.05. The average Bonchev–Trinajstić information content (AvgIpc) is 2.77. The molecular weight excluding hydrogens is 234 g/mol. The third kappa shape index (κ3) is 1.66. The number of hydrogen-bond acceptors (Lipinski definition) is 3. The molecule has 0 spiro atoms. The van der Waals surface area contributed by atoms with Crippen molar-refractivity contribution in [3.8, 4) is 11.5 Å². The standard InChI is InChI=1S/C13H15NO4/c1-2-14(13(15)16)6-9-3-8-4-11-12(5-10(8)9)18-7-17-11/h4-5,9H,2-3,6-7H2,1H3,(H,15,16). The molecule has 96 valence electrons. The quantitative estimate of drug-likeness (QED) is 0.890. The Labute approximate surface area is 105 Å². The van der Waals surface area contributed by atoms with Crippen molar-refractivity contribution in [3.63, 3.8) is 0 Å². The van der Waals surface area contributed by atoms with Crippen molar-refractivity contribution in [2.75, 3.05) is 19.9 Å². The molecule has 1 amide bonds. The molecule has 1 unspecified atom stereocenters. The van der Waals surface area contributed by atoms with E-state index in [0.717, 1.165) is 17.9 Å². The Morgan fingerprint density at radius 3 is 2.83 bits per heavy atom. The van der Waals surface area contributed by atoms with Gasteiger partial charge in [-0.05, 0) is 36.6 Å². The van der Waals surface area contributed by atoms with Crippen LogP contribution in [0.1, 0.15) is 24.0 Å². The monoisotopic (exact) mass is 249 g/mol. The van der Waals surface area contributed by atoms with Gasteiger partial charge in [-0.15, -0.1) is 0 Å². The van der Waals surface area contributed by atoms with E-state index in [9.17, 15) is 4.79 Å². The fourth-order valence-electron chi connectivity index (χ4n) is 2.57. The van der Waals surface area contributed by atoms with Crippen molar-refractivity contribution in [2.45, 2.75) is 19.3 Å². The molecule has 5 nitrogen and oxygen atoms in total. The molecule has 1 aliphatic carbocycles. The van der Waals surface area contributed by atoms with Gasteiger partial charge in [-0.1, -0.05) is 0 Å². The van der Waals surface area contributed by atoms with Crippen LogP contribution in [0, 0.1) is 0 Å². The van der Waals surface area contributed by atoms with E-state index in [-0.39, 0.29) is 12.7 Å². The Balaban J connectivity index is 1.77. The Morgan fingerprint density at radius 1 is 1.44 bits per heavy atom. The number of likely N-dealkylation sites (N-methyl/N-ethyl adjacent to an activating group) is 1. The highest BCUT2D eigenvalue weighted by Crippen LogP contribution is 2.44. The Morgan fingerprint density at radius 2 is 2.17 bits per heavy atom. The first-order valence-electron chi connectivity index (χ1n) is 6.09. The van der Waals surface area contributed by atoms with Crippen LogP contribution in [-0.4, -0.2) is 36.0 Å². The number of amides is 1. The maximum atomic E-state index is 11.0. The lowest BCUT2D eigenvalue weighted by Crippen LogP contribution is -2.36. The molecule has 1 atom stereocenters. The summed E-state index contributed by atoms with van der Waals surface area (Å²) < 4.78 is 10.7. The van der Waals surface area contributed by atoms with Crippen molar-refractivity contribution >= 4 is 6.09 Å². The number of rotatable bonds is 3. The summed E-state index contributed by atoms with van der Waals surface area (Å²) in [5.41, 5.74) is 2.43. The molecule has 0 saturated carbocycles. The van der Waals surface area contributed by atoms with Gasteiger partial charge < -0.3 is 19.5 Å². The number of carbonyl (C=O) groups is 1. The number of nitrogens with zero attached hydrogens (tertiary/aromatic N) is 1. The van der Waals surface area contributed by atoms with E-state index in [1.807, 2.05) is 19.1 Å². The first kappa shape index (κ1) is 11.2. The molecule has 3 rings (SSSR count). The zero-order valence-corrected chi connectivity index (χ0v) is 10.2. The van der Waals surface area contributed by atoms with Crippen molar-refractivity contribution in [3.05, 3.63) is 23.3 Å². The van der Waals surface area contributed by atoms with Gasteiger partial charge in [0.25, 0.3) is 0 Å². The average molecular weight is 249 g/mol. The van der Waals surface area contributed by atoms with Crippen LogP contribution in [0.5, 0.6) is 11.5 Å². The van der Waals surface area contributed by atoms with Gasteiger partial charge in [-0.2, -0.15) is 0 Å². The summed E-state index contributed by atoms with van der Waals surface area (Å²) in [4.78, 5) is 12.4. The van der Waals surface area contributed by atoms with Gasteiger partial charge in [0.15, 0.2) is 11.5 Å². The fraction of sp³-hybridized carbons (Fsp3) is 0.462. The maximum absolute atomic E-state index is 11.0. The Hall–Kier alpha value is -1.91. The van der Waals surface area contributed by atoms with E-state index in [1.165, 1.54) is 16.0 Å². The predicted molar refractivity (Wildman–Crippen MR) is 64.3 cm³/mol. The van der Waals surface area contributed by atoms with Gasteiger partial charge in [-0.25, -0.2) is 4.79 Å². The van der Waals surface area contributed by atoms with Gasteiger partial charge >= 0.3 is 6.09 Å². The van der Waals surface area contributed by atoms with Crippen molar-refractivity contribution in [2.24, 2.45) is 0 Å². The number of fused-ring (bicyclic) bond motifs is 2. The van der Waals surface area contributed by atoms with E-state index in [1.54, 1.807) is 0 Å². The number of benzene rings is 1. The summed E-state index contributed by atoms with van der Waals surface area (Å²) in [7, 11) is 0. The molecule has 18 heavy (non-hydrogen) atoms. The molecule has 1 aromatic rings. The normalized spacial score (nSPS) is 19.1. The highest BCUT2D eigenvalue weighted by molar-refractivity contribution is 5.65. The SMILES string of the molecule is CCN(CC1Cc2cc3c(cc21)OCO3)C(=O)O. The topological polar surface area (TPSA) is 59.0 Å². The number of hydrogen-bond donors (Lipinski definition) is 1. The van der Waals surface area contributed by atoms with Crippen molar-refractivity contribution < 1.29 is 19.4 Å². The Bertz CT molecular complexity index is 500. The molecule has 5 heteroatoms. The molecule has 0 aromatic heterocycles. The van der Waals surface area contributed by atoms with E-state index in [0.29, 0.717) is 13.1 Å². The molecule has 2 aliphatic rings. The number of ether oxygens (including phenoxy) is 2. The second-order valence-electron chi connectivity index (χ2n) is 4.63. The van der Waals surface area contributed by atoms with E-state index in [4.69, 9.17) is 14.6 Å². The van der Waals surface area contributed by atoms with Gasteiger partial charge in [0.2, 0.25) is 6.79 Å². The van der Waals surface area contributed by atoms with Gasteiger partial charge in [0.05, 0.1) is 0 Å². The zero-order valence-electron chi connectivity index (χ0n) is 10.2. The zero-order chi connectivity index (χ0) is 12.7. The van der Waals surface area contributed by atoms with Gasteiger partial charge in [0.1, 0.15) is 0 Å². The molecular formula is C13H15NO4. The first-order valence-corrected chi connectivity index (χ1v) is 6.09. The van der Waals surface area contributed by atoms with Crippen LogP contribution in [0.4, 0.5) is 4.79 Å². The molecule has 0 bridgehead atoms. The van der Waals surface area contributed by atoms with Crippen LogP contribution in [0.3, 0.4) is 0 Å². The van der Waals surface area contributed by atoms with E-state index >= 15 is 0 Å². The molecule has 1 aromatic carbocycles. The summed E-state index contributed by atoms with van der Waals surface area (Å²) in [5.74, 6) is 1.86. The summed E-state index contributed by atoms with van der Waals surface area (Å²) in [6.45, 7) is 3.21. The highest BCUT2D eigenvalue weighted by Gasteiger charge is 2.32. The summed E-state index contributed by atoms with van der Waals surface area (Å²) >= 11 is 0. The lowest BCUT2D eigenvalue weighted by Gasteiger charge is -2.33. The molecule has 1 heterocycles. The minimum Gasteiger partial charge on any atom is -0.465 e. The summed E-state index contributed by atoms with van der Waals surface area (Å²) in [6.07, 6.45) is 0.0575. The largest absolute Gasteiger partial charge is 0.465 e. The van der Waals surface area contributed by atoms with Crippen LogP contribution < -0.4 is 9.47 Å². The number of carboxylic acid groups (broad SMARTS) is 1. The fourth-order valence-corrected chi connectivity index (χ4v) is 2.57. The van der Waals surface area contributed by atoms with E-state index in [2.05, 4.69) is 0 Å². The van der Waals surface area contributed by atoms with Gasteiger partial charge in [0, 0.05) is 19.0 Å². The van der Waals surface area contributed by atoms with Crippen molar-refractivity contribution in [1.29, 1.82) is 0 Å². The molecule has 0 radical (unpaired) electrons. The molecule has 1 aliphatic heterocycles. The second kappa shape index (κ2) is 4.08. The van der Waals surface area contributed by atoms with Crippen LogP contribution in [0.25, 0.3) is 0 Å². The highest BCUT2D eigenvalue weighted by atomic mass is 16.7.